The summed E-state index contributed by atoms with van der Waals surface area (Å²) in [7, 11) is 0. The number of nitrogens with zero attached hydrogens (tertiary/aromatic N) is 2. The number of nitrogens with two attached hydrogens (primary N) is 1. The second-order valence-corrected chi connectivity index (χ2v) is 4.00. The van der Waals surface area contributed by atoms with Crippen LogP contribution in [0.5, 0.6) is 0 Å². The van der Waals surface area contributed by atoms with Crippen molar-refractivity contribution in [1.29, 1.82) is 0 Å². The van der Waals surface area contributed by atoms with Crippen LogP contribution in [0, 0.1) is 0 Å². The smallest absolute Gasteiger partial charge is 0.123 e. The third kappa shape index (κ3) is 3.79. The van der Waals surface area contributed by atoms with E-state index < -0.39 is 0 Å². The lowest BCUT2D eigenvalue weighted by Gasteiger charge is -2.26. The molecule has 4 nitrogen and oxygen atoms in total. The minimum Gasteiger partial charge on any atom is -0.395 e. The van der Waals surface area contributed by atoms with E-state index in [-0.39, 0.29) is 12.6 Å². The molecule has 1 rings (SSSR count). The Morgan fingerprint density at radius 1 is 1.50 bits per heavy atom. The van der Waals surface area contributed by atoms with Gasteiger partial charge in [0.25, 0.3) is 0 Å². The monoisotopic (exact) mass is 223 g/mol. The number of aromatic nitrogens is 1. The number of pyridine rings is 1. The maximum atomic E-state index is 9.10. The topological polar surface area (TPSA) is 62.4 Å². The number of aliphatic hydroxyl groups is 1. The van der Waals surface area contributed by atoms with E-state index in [2.05, 4.69) is 16.8 Å². The van der Waals surface area contributed by atoms with Crippen LogP contribution in [-0.4, -0.2) is 40.7 Å². The fraction of sp³-hybridized carbons (Fsp3) is 0.583. The molecule has 0 aliphatic carbocycles. The van der Waals surface area contributed by atoms with Gasteiger partial charge in [-0.1, -0.05) is 13.0 Å². The summed E-state index contributed by atoms with van der Waals surface area (Å²) < 4.78 is 0. The molecule has 1 heterocycles. The summed E-state index contributed by atoms with van der Waals surface area (Å²) in [6, 6.07) is 4.03. The van der Waals surface area contributed by atoms with Crippen molar-refractivity contribution in [1.82, 2.24) is 9.88 Å². The van der Waals surface area contributed by atoms with Gasteiger partial charge in [-0.15, -0.1) is 0 Å². The van der Waals surface area contributed by atoms with Crippen molar-refractivity contribution in [3.8, 4) is 0 Å². The Morgan fingerprint density at radius 2 is 2.25 bits per heavy atom. The van der Waals surface area contributed by atoms with E-state index in [1.165, 1.54) is 5.56 Å². The molecule has 0 spiro atoms. The Balaban J connectivity index is 2.46. The second kappa shape index (κ2) is 6.45. The maximum Gasteiger partial charge on any atom is 0.123 e. The molecular weight excluding hydrogens is 202 g/mol. The lowest BCUT2D eigenvalue weighted by atomic mass is 10.2. The van der Waals surface area contributed by atoms with Gasteiger partial charge in [0.05, 0.1) is 6.61 Å². The minimum atomic E-state index is 0.202. The first kappa shape index (κ1) is 12.9. The van der Waals surface area contributed by atoms with Gasteiger partial charge in [0.2, 0.25) is 0 Å². The number of hydrogen-bond acceptors (Lipinski definition) is 4. The van der Waals surface area contributed by atoms with Crippen LogP contribution in [0.3, 0.4) is 0 Å². The third-order valence-corrected chi connectivity index (χ3v) is 2.83. The van der Waals surface area contributed by atoms with Gasteiger partial charge >= 0.3 is 0 Å². The number of hydrogen-bond donors (Lipinski definition) is 2. The molecule has 0 fully saturated rings. The van der Waals surface area contributed by atoms with Gasteiger partial charge in [-0.2, -0.15) is 0 Å². The lowest BCUT2D eigenvalue weighted by Crippen LogP contribution is -2.37. The number of likely N-dealkylation sites (N-methyl/N-ethyl adjacent to an activating group) is 1. The number of aliphatic hydroxyl groups excluding tert-OH is 1. The van der Waals surface area contributed by atoms with E-state index in [0.717, 1.165) is 19.5 Å². The SMILES string of the molecule is CCN(CCc1ccc(N)nc1)[C@@H](C)CO. The average Bonchev–Trinajstić information content (AvgIpc) is 2.31. The Bertz CT molecular complexity index is 300. The van der Waals surface area contributed by atoms with E-state index in [4.69, 9.17) is 10.8 Å². The van der Waals surface area contributed by atoms with Crippen LogP contribution in [0.1, 0.15) is 19.4 Å². The molecule has 16 heavy (non-hydrogen) atoms. The molecule has 0 radical (unpaired) electrons. The van der Waals surface area contributed by atoms with E-state index >= 15 is 0 Å². The van der Waals surface area contributed by atoms with Crippen LogP contribution >= 0.6 is 0 Å². The largest absolute Gasteiger partial charge is 0.395 e. The molecule has 90 valence electrons. The molecule has 0 unspecified atom stereocenters. The fourth-order valence-electron chi connectivity index (χ4n) is 1.66. The highest BCUT2D eigenvalue weighted by atomic mass is 16.3. The Hall–Kier alpha value is -1.13. The highest BCUT2D eigenvalue weighted by Crippen LogP contribution is 2.05. The maximum absolute atomic E-state index is 9.10. The Morgan fingerprint density at radius 3 is 2.75 bits per heavy atom. The zero-order valence-corrected chi connectivity index (χ0v) is 10.1. The second-order valence-electron chi connectivity index (χ2n) is 4.00. The van der Waals surface area contributed by atoms with Crippen molar-refractivity contribution in [3.05, 3.63) is 23.9 Å². The van der Waals surface area contributed by atoms with Gasteiger partial charge in [0.15, 0.2) is 0 Å². The van der Waals surface area contributed by atoms with Gasteiger partial charge in [-0.3, -0.25) is 4.90 Å². The molecule has 0 saturated heterocycles. The van der Waals surface area contributed by atoms with Crippen LogP contribution in [0.15, 0.2) is 18.3 Å². The molecule has 3 N–H and O–H groups in total. The van der Waals surface area contributed by atoms with Crippen molar-refractivity contribution < 1.29 is 5.11 Å². The normalized spacial score (nSPS) is 13.0. The zero-order valence-electron chi connectivity index (χ0n) is 10.1. The summed E-state index contributed by atoms with van der Waals surface area (Å²) in [5.74, 6) is 0.555. The van der Waals surface area contributed by atoms with Crippen molar-refractivity contribution in [2.24, 2.45) is 0 Å². The van der Waals surface area contributed by atoms with Crippen LogP contribution in [0.4, 0.5) is 5.82 Å². The van der Waals surface area contributed by atoms with Crippen LogP contribution in [0.25, 0.3) is 0 Å². The first-order chi connectivity index (χ1) is 7.67. The van der Waals surface area contributed by atoms with Crippen molar-refractivity contribution >= 4 is 5.82 Å². The summed E-state index contributed by atoms with van der Waals surface area (Å²) in [4.78, 5) is 6.30. The van der Waals surface area contributed by atoms with Gasteiger partial charge in [-0.05, 0) is 31.5 Å². The Labute approximate surface area is 97.1 Å². The Kier molecular flexibility index (Phi) is 5.22. The quantitative estimate of drug-likeness (QED) is 0.752. The summed E-state index contributed by atoms with van der Waals surface area (Å²) in [6.45, 7) is 6.22. The molecular formula is C12H21N3O. The van der Waals surface area contributed by atoms with E-state index in [0.29, 0.717) is 5.82 Å². The highest BCUT2D eigenvalue weighted by Gasteiger charge is 2.10. The minimum absolute atomic E-state index is 0.202. The van der Waals surface area contributed by atoms with Gasteiger partial charge in [0, 0.05) is 18.8 Å². The first-order valence-electron chi connectivity index (χ1n) is 5.72. The number of anilines is 1. The van der Waals surface area contributed by atoms with Crippen LogP contribution in [-0.2, 0) is 6.42 Å². The van der Waals surface area contributed by atoms with E-state index in [1.54, 1.807) is 0 Å². The third-order valence-electron chi connectivity index (χ3n) is 2.83. The molecule has 0 aliphatic heterocycles. The molecule has 0 aromatic carbocycles. The summed E-state index contributed by atoms with van der Waals surface area (Å²) in [5, 5.41) is 9.10. The first-order valence-corrected chi connectivity index (χ1v) is 5.72. The molecule has 0 saturated carbocycles. The summed E-state index contributed by atoms with van der Waals surface area (Å²) in [6.07, 6.45) is 2.75. The highest BCUT2D eigenvalue weighted by molar-refractivity contribution is 5.29. The average molecular weight is 223 g/mol. The van der Waals surface area contributed by atoms with Crippen LogP contribution < -0.4 is 5.73 Å². The zero-order chi connectivity index (χ0) is 12.0. The van der Waals surface area contributed by atoms with E-state index in [1.807, 2.05) is 25.3 Å². The lowest BCUT2D eigenvalue weighted by molar-refractivity contribution is 0.141. The molecule has 1 aromatic rings. The predicted octanol–water partition coefficient (Wildman–Crippen LogP) is 0.909. The van der Waals surface area contributed by atoms with Crippen LogP contribution in [0.2, 0.25) is 0 Å². The number of nitrogen functional groups attached to an aromatic ring is 1. The standard InChI is InChI=1S/C12H21N3O/c1-3-15(10(2)9-16)7-6-11-4-5-12(13)14-8-11/h4-5,8,10,16H,3,6-7,9H2,1-2H3,(H2,13,14)/t10-/m0/s1. The van der Waals surface area contributed by atoms with Gasteiger partial charge in [-0.25, -0.2) is 4.98 Å². The molecule has 0 amide bonds. The molecule has 0 aliphatic rings. The van der Waals surface area contributed by atoms with Crippen molar-refractivity contribution in [2.45, 2.75) is 26.3 Å². The molecule has 0 bridgehead atoms. The number of rotatable bonds is 6. The van der Waals surface area contributed by atoms with Crippen molar-refractivity contribution in [3.63, 3.8) is 0 Å². The van der Waals surface area contributed by atoms with Gasteiger partial charge < -0.3 is 10.8 Å². The fourth-order valence-corrected chi connectivity index (χ4v) is 1.66. The summed E-state index contributed by atoms with van der Waals surface area (Å²) >= 11 is 0. The molecule has 4 heteroatoms. The molecule has 1 atom stereocenters. The van der Waals surface area contributed by atoms with Crippen molar-refractivity contribution in [2.75, 3.05) is 25.4 Å². The summed E-state index contributed by atoms with van der Waals surface area (Å²) in [5.41, 5.74) is 6.70. The van der Waals surface area contributed by atoms with Gasteiger partial charge in [0.1, 0.15) is 5.82 Å². The predicted molar refractivity (Wildman–Crippen MR) is 66.1 cm³/mol. The van der Waals surface area contributed by atoms with E-state index in [9.17, 15) is 0 Å². The molecule has 1 aromatic heterocycles.